The van der Waals surface area contributed by atoms with Gasteiger partial charge in [-0.3, -0.25) is 9.59 Å². The number of benzene rings is 2. The fraction of sp³-hybridized carbons (Fsp3) is 0.261. The summed E-state index contributed by atoms with van der Waals surface area (Å²) in [6, 6.07) is 13.3. The SMILES string of the molecule is O=C(Nc1ccc2c(c1)OCO2)C1CCN(C(=O)C=Cc2nc3ccccc3s2)CC1. The van der Waals surface area contributed by atoms with Crippen molar-refractivity contribution in [3.8, 4) is 11.5 Å². The number of aromatic nitrogens is 1. The number of hydrogen-bond acceptors (Lipinski definition) is 6. The van der Waals surface area contributed by atoms with Crippen LogP contribution in [0, 0.1) is 5.92 Å². The predicted octanol–water partition coefficient (Wildman–Crippen LogP) is 3.92. The summed E-state index contributed by atoms with van der Waals surface area (Å²) >= 11 is 1.56. The summed E-state index contributed by atoms with van der Waals surface area (Å²) < 4.78 is 11.7. The normalized spacial score (nSPS) is 16.2. The fourth-order valence-corrected chi connectivity index (χ4v) is 4.66. The number of anilines is 1. The van der Waals surface area contributed by atoms with Crippen LogP contribution in [0.15, 0.2) is 48.5 Å². The summed E-state index contributed by atoms with van der Waals surface area (Å²) in [6.45, 7) is 1.32. The van der Waals surface area contributed by atoms with E-state index in [0.717, 1.165) is 15.2 Å². The van der Waals surface area contributed by atoms with Crippen LogP contribution in [-0.2, 0) is 9.59 Å². The van der Waals surface area contributed by atoms with Crippen molar-refractivity contribution in [1.82, 2.24) is 9.88 Å². The highest BCUT2D eigenvalue weighted by Crippen LogP contribution is 2.34. The number of likely N-dealkylation sites (tertiary alicyclic amines) is 1. The number of rotatable bonds is 4. The number of hydrogen-bond donors (Lipinski definition) is 1. The second-order valence-electron chi connectivity index (χ2n) is 7.51. The Morgan fingerprint density at radius 1 is 1.10 bits per heavy atom. The van der Waals surface area contributed by atoms with Crippen LogP contribution in [0.25, 0.3) is 16.3 Å². The summed E-state index contributed by atoms with van der Waals surface area (Å²) in [5, 5.41) is 3.76. The van der Waals surface area contributed by atoms with E-state index in [0.29, 0.717) is 43.1 Å². The quantitative estimate of drug-likeness (QED) is 0.629. The van der Waals surface area contributed by atoms with E-state index in [9.17, 15) is 9.59 Å². The molecule has 0 saturated carbocycles. The van der Waals surface area contributed by atoms with Crippen LogP contribution in [0.5, 0.6) is 11.5 Å². The number of nitrogens with one attached hydrogen (secondary N) is 1. The molecule has 3 heterocycles. The molecule has 2 aromatic carbocycles. The molecule has 0 atom stereocenters. The lowest BCUT2D eigenvalue weighted by Gasteiger charge is -2.30. The molecule has 158 valence electrons. The molecule has 3 aromatic rings. The van der Waals surface area contributed by atoms with Gasteiger partial charge in [-0.15, -0.1) is 11.3 Å². The van der Waals surface area contributed by atoms with Gasteiger partial charge in [0.25, 0.3) is 0 Å². The molecule has 0 bridgehead atoms. The van der Waals surface area contributed by atoms with E-state index in [-0.39, 0.29) is 24.5 Å². The lowest BCUT2D eigenvalue weighted by Crippen LogP contribution is -2.40. The Labute approximate surface area is 183 Å². The summed E-state index contributed by atoms with van der Waals surface area (Å²) in [6.07, 6.45) is 4.62. The second kappa shape index (κ2) is 8.39. The molecule has 2 amide bonds. The van der Waals surface area contributed by atoms with Gasteiger partial charge in [0.1, 0.15) is 5.01 Å². The summed E-state index contributed by atoms with van der Waals surface area (Å²) in [5.41, 5.74) is 1.63. The van der Waals surface area contributed by atoms with E-state index < -0.39 is 0 Å². The molecule has 2 aliphatic rings. The van der Waals surface area contributed by atoms with Crippen molar-refractivity contribution in [2.75, 3.05) is 25.2 Å². The standard InChI is InChI=1S/C23H21N3O4S/c27-22(8-7-21-25-17-3-1-2-4-20(17)31-21)26-11-9-15(10-12-26)23(28)24-16-5-6-18-19(13-16)30-14-29-18/h1-8,13,15H,9-12,14H2,(H,24,28). The van der Waals surface area contributed by atoms with Crippen molar-refractivity contribution >= 4 is 45.1 Å². The maximum Gasteiger partial charge on any atom is 0.246 e. The molecule has 8 heteroatoms. The highest BCUT2D eigenvalue weighted by atomic mass is 32.1. The van der Waals surface area contributed by atoms with Gasteiger partial charge in [-0.1, -0.05) is 12.1 Å². The van der Waals surface area contributed by atoms with Crippen molar-refractivity contribution < 1.29 is 19.1 Å². The lowest BCUT2D eigenvalue weighted by molar-refractivity contribution is -0.130. The zero-order chi connectivity index (χ0) is 21.2. The number of nitrogens with zero attached hydrogens (tertiary/aromatic N) is 2. The Morgan fingerprint density at radius 3 is 2.74 bits per heavy atom. The van der Waals surface area contributed by atoms with Gasteiger partial charge in [-0.05, 0) is 43.2 Å². The monoisotopic (exact) mass is 435 g/mol. The Bertz CT molecular complexity index is 1130. The highest BCUT2D eigenvalue weighted by Gasteiger charge is 2.27. The van der Waals surface area contributed by atoms with Gasteiger partial charge in [0.05, 0.1) is 10.2 Å². The number of carbonyl (C=O) groups excluding carboxylic acids is 2. The third-order valence-corrected chi connectivity index (χ3v) is 6.50. The fourth-order valence-electron chi connectivity index (χ4n) is 3.79. The van der Waals surface area contributed by atoms with Crippen molar-refractivity contribution in [2.24, 2.45) is 5.92 Å². The van der Waals surface area contributed by atoms with Crippen LogP contribution in [-0.4, -0.2) is 41.6 Å². The Kier molecular flexibility index (Phi) is 5.30. The zero-order valence-electron chi connectivity index (χ0n) is 16.7. The van der Waals surface area contributed by atoms with Crippen LogP contribution in [0.4, 0.5) is 5.69 Å². The molecule has 0 radical (unpaired) electrons. The largest absolute Gasteiger partial charge is 0.454 e. The van der Waals surface area contributed by atoms with Crippen LogP contribution < -0.4 is 14.8 Å². The van der Waals surface area contributed by atoms with Crippen LogP contribution >= 0.6 is 11.3 Å². The number of para-hydroxylation sites is 1. The first-order valence-electron chi connectivity index (χ1n) is 10.2. The van der Waals surface area contributed by atoms with Gasteiger partial charge in [0.15, 0.2) is 11.5 Å². The molecule has 1 saturated heterocycles. The molecule has 1 N–H and O–H groups in total. The van der Waals surface area contributed by atoms with E-state index >= 15 is 0 Å². The van der Waals surface area contributed by atoms with E-state index in [2.05, 4.69) is 10.3 Å². The number of ether oxygens (including phenoxy) is 2. The van der Waals surface area contributed by atoms with Crippen molar-refractivity contribution in [2.45, 2.75) is 12.8 Å². The topological polar surface area (TPSA) is 80.8 Å². The van der Waals surface area contributed by atoms with Crippen molar-refractivity contribution in [3.63, 3.8) is 0 Å². The molecule has 7 nitrogen and oxygen atoms in total. The molecule has 0 unspecified atom stereocenters. The Hall–Kier alpha value is -3.39. The van der Waals surface area contributed by atoms with Crippen LogP contribution in [0.1, 0.15) is 17.8 Å². The average molecular weight is 436 g/mol. The van der Waals surface area contributed by atoms with Gasteiger partial charge in [0, 0.05) is 36.8 Å². The van der Waals surface area contributed by atoms with E-state index in [1.54, 1.807) is 46.6 Å². The van der Waals surface area contributed by atoms with E-state index in [4.69, 9.17) is 9.47 Å². The Morgan fingerprint density at radius 2 is 1.90 bits per heavy atom. The van der Waals surface area contributed by atoms with Gasteiger partial charge in [-0.2, -0.15) is 0 Å². The number of amides is 2. The van der Waals surface area contributed by atoms with Crippen molar-refractivity contribution in [3.05, 3.63) is 53.5 Å². The molecule has 31 heavy (non-hydrogen) atoms. The maximum atomic E-state index is 12.6. The molecule has 2 aliphatic heterocycles. The first kappa shape index (κ1) is 19.6. The maximum absolute atomic E-state index is 12.6. The minimum Gasteiger partial charge on any atom is -0.454 e. The molecule has 0 spiro atoms. The second-order valence-corrected chi connectivity index (χ2v) is 8.57. The average Bonchev–Trinajstić information content (AvgIpc) is 3.43. The number of piperidine rings is 1. The van der Waals surface area contributed by atoms with Gasteiger partial charge in [-0.25, -0.2) is 4.98 Å². The van der Waals surface area contributed by atoms with Gasteiger partial charge < -0.3 is 19.7 Å². The first-order chi connectivity index (χ1) is 15.2. The summed E-state index contributed by atoms with van der Waals surface area (Å²) in [7, 11) is 0. The van der Waals surface area contributed by atoms with Gasteiger partial charge >= 0.3 is 0 Å². The first-order valence-corrected chi connectivity index (χ1v) is 11.0. The molecule has 1 aromatic heterocycles. The number of fused-ring (bicyclic) bond motifs is 2. The Balaban J connectivity index is 1.14. The van der Waals surface area contributed by atoms with E-state index in [1.165, 1.54) is 0 Å². The predicted molar refractivity (Wildman–Crippen MR) is 119 cm³/mol. The molecular formula is C23H21N3O4S. The summed E-state index contributed by atoms with van der Waals surface area (Å²) in [4.78, 5) is 31.5. The third-order valence-electron chi connectivity index (χ3n) is 5.50. The van der Waals surface area contributed by atoms with E-state index in [1.807, 2.05) is 24.3 Å². The molecule has 5 rings (SSSR count). The smallest absolute Gasteiger partial charge is 0.246 e. The van der Waals surface area contributed by atoms with Gasteiger partial charge in [0.2, 0.25) is 18.6 Å². The van der Waals surface area contributed by atoms with Crippen molar-refractivity contribution in [1.29, 1.82) is 0 Å². The number of carbonyl (C=O) groups is 2. The minimum absolute atomic E-state index is 0.0315. The van der Waals surface area contributed by atoms with Crippen LogP contribution in [0.2, 0.25) is 0 Å². The molecular weight excluding hydrogens is 414 g/mol. The molecule has 1 fully saturated rings. The highest BCUT2D eigenvalue weighted by molar-refractivity contribution is 7.19. The minimum atomic E-state index is -0.122. The third kappa shape index (κ3) is 4.25. The summed E-state index contributed by atoms with van der Waals surface area (Å²) in [5.74, 6) is 1.12. The lowest BCUT2D eigenvalue weighted by atomic mass is 9.95. The van der Waals surface area contributed by atoms with Crippen LogP contribution in [0.3, 0.4) is 0 Å². The zero-order valence-corrected chi connectivity index (χ0v) is 17.6. The number of thiazole rings is 1. The molecule has 0 aliphatic carbocycles.